The third-order valence-corrected chi connectivity index (χ3v) is 17.7. The van der Waals surface area contributed by atoms with Crippen LogP contribution in [0.1, 0.15) is 0 Å². The molecule has 0 unspecified atom stereocenters. The Kier molecular flexibility index (Phi) is 9.96. The standard InChI is InChI=1S/C66H46N2S/c1-6-21-47(22-7-1)49-25-18-26-50(43-49)51-27-19-28-53(44-51)68-63-42-40-54(67-61-36-17-16-35-58(61)59-45-52(39-41-62(59)67)48-23-8-2-9-24-48)46-60(63)66-64(68)37-20-38-65(66)69(55-29-10-3-11-30-55,56-31-12-4-13-32-56)57-33-14-5-15-34-57/h1-46H. The van der Waals surface area contributed by atoms with Crippen molar-refractivity contribution in [3.63, 3.8) is 0 Å². The topological polar surface area (TPSA) is 9.86 Å². The maximum absolute atomic E-state index is 2.51. The number of benzene rings is 11. The van der Waals surface area contributed by atoms with Crippen molar-refractivity contribution in [3.05, 3.63) is 279 Å². The van der Waals surface area contributed by atoms with E-state index in [-0.39, 0.29) is 0 Å². The molecule has 13 aromatic rings. The normalized spacial score (nSPS) is 12.0. The van der Waals surface area contributed by atoms with E-state index in [4.69, 9.17) is 0 Å². The van der Waals surface area contributed by atoms with Gasteiger partial charge in [0.15, 0.2) is 0 Å². The second-order valence-electron chi connectivity index (χ2n) is 17.7. The fraction of sp³-hybridized carbons (Fsp3) is 0. The number of hydrogen-bond donors (Lipinski definition) is 0. The average molecular weight is 899 g/mol. The van der Waals surface area contributed by atoms with Crippen LogP contribution in [0.2, 0.25) is 0 Å². The Morgan fingerprint density at radius 2 is 0.652 bits per heavy atom. The Labute approximate surface area is 404 Å². The summed E-state index contributed by atoms with van der Waals surface area (Å²) in [4.78, 5) is 5.20. The van der Waals surface area contributed by atoms with E-state index >= 15 is 0 Å². The number of para-hydroxylation sites is 1. The third kappa shape index (κ3) is 6.73. The molecular formula is C66H46N2S. The summed E-state index contributed by atoms with van der Waals surface area (Å²) >= 11 is 0. The summed E-state index contributed by atoms with van der Waals surface area (Å²) in [6, 6.07) is 103. The van der Waals surface area contributed by atoms with E-state index in [2.05, 4.69) is 288 Å². The van der Waals surface area contributed by atoms with Crippen LogP contribution in [0.3, 0.4) is 0 Å². The molecule has 0 N–H and O–H groups in total. The van der Waals surface area contributed by atoms with Crippen LogP contribution in [0.15, 0.2) is 299 Å². The summed E-state index contributed by atoms with van der Waals surface area (Å²) in [6.07, 6.45) is 0. The van der Waals surface area contributed by atoms with Crippen molar-refractivity contribution in [2.75, 3.05) is 0 Å². The van der Waals surface area contributed by atoms with Crippen LogP contribution < -0.4 is 0 Å². The fourth-order valence-electron chi connectivity index (χ4n) is 10.8. The molecule has 0 fully saturated rings. The minimum absolute atomic E-state index is 1.12. The van der Waals surface area contributed by atoms with Crippen molar-refractivity contribution in [3.8, 4) is 44.8 Å². The van der Waals surface area contributed by atoms with E-state index in [0.717, 1.165) is 16.9 Å². The second-order valence-corrected chi connectivity index (χ2v) is 20.8. The molecule has 3 heteroatoms. The first kappa shape index (κ1) is 40.6. The molecule has 0 bridgehead atoms. The summed E-state index contributed by atoms with van der Waals surface area (Å²) in [6.45, 7) is 0. The van der Waals surface area contributed by atoms with E-state index in [1.54, 1.807) is 0 Å². The first-order chi connectivity index (χ1) is 34.2. The van der Waals surface area contributed by atoms with Crippen LogP contribution in [-0.2, 0) is 0 Å². The zero-order chi connectivity index (χ0) is 45.7. The van der Waals surface area contributed by atoms with Crippen molar-refractivity contribution < 1.29 is 0 Å². The molecule has 11 aromatic carbocycles. The summed E-state index contributed by atoms with van der Waals surface area (Å²) in [5, 5.41) is 4.94. The second kappa shape index (κ2) is 16.9. The van der Waals surface area contributed by atoms with Gasteiger partial charge in [-0.3, -0.25) is 0 Å². The summed E-state index contributed by atoms with van der Waals surface area (Å²) in [5.41, 5.74) is 14.1. The SMILES string of the molecule is c1ccc(-c2cccc(-c3cccc(-n4c5ccc(-n6c7ccccc7c7cc(-c8ccccc8)ccc76)cc5c5c(S(c6ccccc6)(c6ccccc6)c6ccccc6)cccc54)c3)c2)cc1. The Balaban J connectivity index is 1.12. The Morgan fingerprint density at radius 3 is 1.29 bits per heavy atom. The van der Waals surface area contributed by atoms with Gasteiger partial charge in [-0.2, -0.15) is 0 Å². The summed E-state index contributed by atoms with van der Waals surface area (Å²) in [5.74, 6) is 0. The molecule has 0 aliphatic carbocycles. The lowest BCUT2D eigenvalue weighted by Crippen LogP contribution is -2.05. The van der Waals surface area contributed by atoms with Crippen LogP contribution in [0, 0.1) is 0 Å². The molecule has 0 aliphatic heterocycles. The highest BCUT2D eigenvalue weighted by Gasteiger charge is 2.36. The van der Waals surface area contributed by atoms with Crippen LogP contribution >= 0.6 is 10.0 Å². The van der Waals surface area contributed by atoms with Crippen LogP contribution in [-0.4, -0.2) is 9.13 Å². The van der Waals surface area contributed by atoms with Crippen molar-refractivity contribution in [2.45, 2.75) is 19.6 Å². The van der Waals surface area contributed by atoms with Gasteiger partial charge in [0.2, 0.25) is 0 Å². The minimum Gasteiger partial charge on any atom is -0.309 e. The average Bonchev–Trinajstić information content (AvgIpc) is 3.95. The highest BCUT2D eigenvalue weighted by atomic mass is 32.3. The van der Waals surface area contributed by atoms with Gasteiger partial charge in [-0.1, -0.05) is 176 Å². The number of aromatic nitrogens is 2. The van der Waals surface area contributed by atoms with Crippen LogP contribution in [0.25, 0.3) is 88.4 Å². The van der Waals surface area contributed by atoms with Crippen molar-refractivity contribution in [1.29, 1.82) is 0 Å². The number of rotatable bonds is 9. The molecule has 2 heterocycles. The van der Waals surface area contributed by atoms with Gasteiger partial charge < -0.3 is 9.13 Å². The monoisotopic (exact) mass is 898 g/mol. The van der Waals surface area contributed by atoms with Crippen molar-refractivity contribution in [2.24, 2.45) is 0 Å². The molecule has 0 aliphatic rings. The molecule has 69 heavy (non-hydrogen) atoms. The van der Waals surface area contributed by atoms with Gasteiger partial charge in [-0.15, -0.1) is 10.0 Å². The number of fused-ring (bicyclic) bond motifs is 6. The van der Waals surface area contributed by atoms with Gasteiger partial charge in [0, 0.05) is 52.5 Å². The van der Waals surface area contributed by atoms with Gasteiger partial charge in [0.05, 0.1) is 22.1 Å². The van der Waals surface area contributed by atoms with Crippen molar-refractivity contribution in [1.82, 2.24) is 9.13 Å². The molecule has 0 atom stereocenters. The maximum atomic E-state index is 2.51. The fourth-order valence-corrected chi connectivity index (χ4v) is 14.8. The Bertz CT molecular complexity index is 3890. The van der Waals surface area contributed by atoms with E-state index in [1.807, 2.05) is 0 Å². The lowest BCUT2D eigenvalue weighted by molar-refractivity contribution is 1.16. The quantitative estimate of drug-likeness (QED) is 0.137. The van der Waals surface area contributed by atoms with Gasteiger partial charge in [-0.25, -0.2) is 0 Å². The smallest absolute Gasteiger partial charge is 0.0552 e. The Hall–Kier alpha value is -8.63. The largest absolute Gasteiger partial charge is 0.309 e. The lowest BCUT2D eigenvalue weighted by Gasteiger charge is -2.42. The first-order valence-electron chi connectivity index (χ1n) is 23.7. The molecule has 0 spiro atoms. The van der Waals surface area contributed by atoms with Gasteiger partial charge >= 0.3 is 0 Å². The predicted molar refractivity (Wildman–Crippen MR) is 291 cm³/mol. The van der Waals surface area contributed by atoms with Crippen molar-refractivity contribution >= 4 is 53.6 Å². The lowest BCUT2D eigenvalue weighted by atomic mass is 9.99. The third-order valence-electron chi connectivity index (χ3n) is 13.8. The van der Waals surface area contributed by atoms with Crippen LogP contribution in [0.5, 0.6) is 0 Å². The zero-order valence-corrected chi connectivity index (χ0v) is 38.7. The molecule has 0 saturated carbocycles. The van der Waals surface area contributed by atoms with E-state index in [1.165, 1.54) is 91.1 Å². The highest BCUT2D eigenvalue weighted by molar-refractivity contribution is 8.34. The van der Waals surface area contributed by atoms with Gasteiger partial charge in [-0.05, 0) is 137 Å². The molecule has 2 nitrogen and oxygen atoms in total. The van der Waals surface area contributed by atoms with E-state index in [9.17, 15) is 0 Å². The minimum atomic E-state index is -2.07. The molecule has 0 amide bonds. The zero-order valence-electron chi connectivity index (χ0n) is 37.9. The van der Waals surface area contributed by atoms with Gasteiger partial charge in [0.25, 0.3) is 0 Å². The number of hydrogen-bond acceptors (Lipinski definition) is 0. The van der Waals surface area contributed by atoms with E-state index < -0.39 is 10.0 Å². The van der Waals surface area contributed by atoms with Crippen LogP contribution in [0.4, 0.5) is 0 Å². The van der Waals surface area contributed by atoms with E-state index in [0.29, 0.717) is 0 Å². The highest BCUT2D eigenvalue weighted by Crippen LogP contribution is 2.75. The molecule has 0 radical (unpaired) electrons. The molecular weight excluding hydrogens is 853 g/mol. The first-order valence-corrected chi connectivity index (χ1v) is 25.3. The Morgan fingerprint density at radius 1 is 0.232 bits per heavy atom. The summed E-state index contributed by atoms with van der Waals surface area (Å²) < 4.78 is 4.97. The molecule has 2 aromatic heterocycles. The summed E-state index contributed by atoms with van der Waals surface area (Å²) in [7, 11) is -2.07. The number of nitrogens with zero attached hydrogens (tertiary/aromatic N) is 2. The predicted octanol–water partition coefficient (Wildman–Crippen LogP) is 18.2. The molecule has 0 saturated heterocycles. The molecule has 13 rings (SSSR count). The maximum Gasteiger partial charge on any atom is 0.0552 e. The molecule has 326 valence electrons. The van der Waals surface area contributed by atoms with Gasteiger partial charge in [0.1, 0.15) is 0 Å².